The molecule has 1 aromatic carbocycles. The molecule has 2 aliphatic carbocycles. The van der Waals surface area contributed by atoms with E-state index in [0.717, 1.165) is 24.3 Å². The van der Waals surface area contributed by atoms with Gasteiger partial charge in [-0.1, -0.05) is 30.4 Å². The van der Waals surface area contributed by atoms with Gasteiger partial charge in [0, 0.05) is 5.56 Å². The molecule has 19 heavy (non-hydrogen) atoms. The third-order valence-electron chi connectivity index (χ3n) is 3.68. The van der Waals surface area contributed by atoms with Crippen molar-refractivity contribution >= 4 is 10.0 Å². The fourth-order valence-electron chi connectivity index (χ4n) is 2.49. The molecule has 100 valence electrons. The number of halogens is 2. The van der Waals surface area contributed by atoms with E-state index in [1.54, 1.807) is 18.2 Å². The van der Waals surface area contributed by atoms with E-state index in [9.17, 15) is 17.2 Å². The molecular weight excluding hydrogens is 272 g/mol. The molecule has 1 aromatic rings. The number of allylic oxidation sites excluding steroid dienone is 4. The van der Waals surface area contributed by atoms with Gasteiger partial charge >= 0.3 is 0 Å². The van der Waals surface area contributed by atoms with E-state index in [0.29, 0.717) is 5.57 Å². The van der Waals surface area contributed by atoms with Crippen LogP contribution in [0.4, 0.5) is 8.78 Å². The van der Waals surface area contributed by atoms with Crippen molar-refractivity contribution in [2.45, 2.75) is 17.2 Å². The molecule has 0 saturated carbocycles. The standard InChI is InChI=1S/C13H11F2NO2S/c14-13(15,12-7-1-2-10(12)8-12)9-3-5-11(6-4-9)19(16,17)18/h1-6,8H,7H2,(H2,16,17,18). The van der Waals surface area contributed by atoms with Gasteiger partial charge in [0.15, 0.2) is 0 Å². The summed E-state index contributed by atoms with van der Waals surface area (Å²) in [5.41, 5.74) is -0.751. The smallest absolute Gasteiger partial charge is 0.225 e. The number of benzene rings is 1. The van der Waals surface area contributed by atoms with Crippen molar-refractivity contribution in [3.63, 3.8) is 0 Å². The molecule has 1 atom stereocenters. The molecule has 0 aromatic heterocycles. The summed E-state index contributed by atoms with van der Waals surface area (Å²) in [5.74, 6) is -3.04. The maximum Gasteiger partial charge on any atom is 0.286 e. The lowest BCUT2D eigenvalue weighted by molar-refractivity contribution is -0.0672. The first-order valence-corrected chi connectivity index (χ1v) is 7.23. The van der Waals surface area contributed by atoms with Crippen molar-refractivity contribution in [1.82, 2.24) is 0 Å². The lowest BCUT2D eigenvalue weighted by Gasteiger charge is -2.26. The zero-order valence-electron chi connectivity index (χ0n) is 9.81. The third kappa shape index (κ3) is 1.67. The molecule has 6 heteroatoms. The van der Waals surface area contributed by atoms with Crippen LogP contribution in [0, 0.1) is 5.41 Å². The van der Waals surface area contributed by atoms with Crippen LogP contribution in [0.25, 0.3) is 0 Å². The fourth-order valence-corrected chi connectivity index (χ4v) is 3.00. The van der Waals surface area contributed by atoms with Crippen molar-refractivity contribution in [1.29, 1.82) is 0 Å². The molecule has 0 spiro atoms. The van der Waals surface area contributed by atoms with Crippen LogP contribution >= 0.6 is 0 Å². The molecule has 0 fully saturated rings. The number of hydrogen-bond donors (Lipinski definition) is 1. The zero-order chi connectivity index (χ0) is 13.9. The van der Waals surface area contributed by atoms with Gasteiger partial charge in [0.1, 0.15) is 0 Å². The van der Waals surface area contributed by atoms with E-state index < -0.39 is 21.4 Å². The Kier molecular flexibility index (Phi) is 2.32. The molecule has 0 heterocycles. The average molecular weight is 283 g/mol. The van der Waals surface area contributed by atoms with E-state index in [1.165, 1.54) is 0 Å². The Morgan fingerprint density at radius 1 is 1.21 bits per heavy atom. The van der Waals surface area contributed by atoms with Crippen molar-refractivity contribution in [2.24, 2.45) is 10.6 Å². The van der Waals surface area contributed by atoms with Gasteiger partial charge in [0.25, 0.3) is 5.92 Å². The minimum absolute atomic E-state index is 0.168. The van der Waals surface area contributed by atoms with Crippen LogP contribution in [0.2, 0.25) is 0 Å². The number of alkyl halides is 2. The maximum atomic E-state index is 14.4. The Morgan fingerprint density at radius 2 is 1.84 bits per heavy atom. The Balaban J connectivity index is 1.95. The summed E-state index contributed by atoms with van der Waals surface area (Å²) < 4.78 is 51.1. The van der Waals surface area contributed by atoms with Gasteiger partial charge in [-0.3, -0.25) is 0 Å². The first-order valence-electron chi connectivity index (χ1n) is 5.68. The number of nitrogens with two attached hydrogens (primary N) is 1. The molecule has 1 unspecified atom stereocenters. The number of fused-ring (bicyclic) bond motifs is 1. The zero-order valence-corrected chi connectivity index (χ0v) is 10.6. The second-order valence-electron chi connectivity index (χ2n) is 4.82. The average Bonchev–Trinajstić information content (AvgIpc) is 2.92. The van der Waals surface area contributed by atoms with Crippen LogP contribution in [0.15, 0.2) is 53.0 Å². The molecule has 3 nitrogen and oxygen atoms in total. The Bertz CT molecular complexity index is 705. The lowest BCUT2D eigenvalue weighted by atomic mass is 9.86. The third-order valence-corrected chi connectivity index (χ3v) is 4.61. The molecule has 3 rings (SSSR count). The molecule has 2 aliphatic rings. The van der Waals surface area contributed by atoms with Crippen LogP contribution < -0.4 is 5.14 Å². The number of hydrogen-bond acceptors (Lipinski definition) is 2. The monoisotopic (exact) mass is 283 g/mol. The van der Waals surface area contributed by atoms with Gasteiger partial charge in [0.05, 0.1) is 10.3 Å². The van der Waals surface area contributed by atoms with Crippen molar-refractivity contribution < 1.29 is 17.2 Å². The highest BCUT2D eigenvalue weighted by atomic mass is 32.2. The molecule has 0 aliphatic heterocycles. The van der Waals surface area contributed by atoms with Gasteiger partial charge < -0.3 is 0 Å². The van der Waals surface area contributed by atoms with Gasteiger partial charge in [-0.2, -0.15) is 8.78 Å². The van der Waals surface area contributed by atoms with Gasteiger partial charge in [-0.25, -0.2) is 13.6 Å². The summed E-state index contributed by atoms with van der Waals surface area (Å²) in [7, 11) is -3.86. The number of primary sulfonamides is 1. The minimum atomic E-state index is -3.86. The van der Waals surface area contributed by atoms with E-state index in [2.05, 4.69) is 0 Å². The van der Waals surface area contributed by atoms with E-state index >= 15 is 0 Å². The molecule has 0 radical (unpaired) electrons. The summed E-state index contributed by atoms with van der Waals surface area (Å²) in [6.07, 6.45) is 5.27. The first-order chi connectivity index (χ1) is 8.77. The van der Waals surface area contributed by atoms with Gasteiger partial charge in [-0.15, -0.1) is 0 Å². The van der Waals surface area contributed by atoms with E-state index in [4.69, 9.17) is 5.14 Å². The highest BCUT2D eigenvalue weighted by molar-refractivity contribution is 7.89. The maximum absolute atomic E-state index is 14.4. The topological polar surface area (TPSA) is 60.2 Å². The van der Waals surface area contributed by atoms with Crippen molar-refractivity contribution in [3.8, 4) is 0 Å². The van der Waals surface area contributed by atoms with Crippen LogP contribution in [0.1, 0.15) is 12.0 Å². The quantitative estimate of drug-likeness (QED) is 0.925. The van der Waals surface area contributed by atoms with Crippen LogP contribution in [-0.4, -0.2) is 8.42 Å². The van der Waals surface area contributed by atoms with Crippen LogP contribution in [0.5, 0.6) is 0 Å². The SMILES string of the molecule is NS(=O)(=O)c1ccc(C(F)(F)C23C=C2C=CC3)cc1. The summed E-state index contributed by atoms with van der Waals surface area (Å²) in [4.78, 5) is -0.168. The van der Waals surface area contributed by atoms with E-state index in [1.807, 2.05) is 0 Å². The first kappa shape index (κ1) is 12.5. The fraction of sp³-hybridized carbons (Fsp3) is 0.231. The largest absolute Gasteiger partial charge is 0.286 e. The summed E-state index contributed by atoms with van der Waals surface area (Å²) >= 11 is 0. The Morgan fingerprint density at radius 3 is 2.26 bits per heavy atom. The van der Waals surface area contributed by atoms with Crippen molar-refractivity contribution in [2.75, 3.05) is 0 Å². The predicted molar refractivity (Wildman–Crippen MR) is 66.0 cm³/mol. The highest BCUT2D eigenvalue weighted by Crippen LogP contribution is 2.65. The summed E-state index contributed by atoms with van der Waals surface area (Å²) in [6.45, 7) is 0. The Hall–Kier alpha value is -1.53. The second-order valence-corrected chi connectivity index (χ2v) is 6.38. The summed E-state index contributed by atoms with van der Waals surface area (Å²) in [6, 6.07) is 4.46. The highest BCUT2D eigenvalue weighted by Gasteiger charge is 2.63. The normalized spacial score (nSPS) is 25.1. The van der Waals surface area contributed by atoms with Crippen molar-refractivity contribution in [3.05, 3.63) is 53.6 Å². The predicted octanol–water partition coefficient (Wildman–Crippen LogP) is 2.31. The van der Waals surface area contributed by atoms with E-state index in [-0.39, 0.29) is 16.9 Å². The van der Waals surface area contributed by atoms with Crippen LogP contribution in [-0.2, 0) is 15.9 Å². The molecular formula is C13H11F2NO2S. The Labute approximate surface area is 109 Å². The summed E-state index contributed by atoms with van der Waals surface area (Å²) in [5, 5.41) is 4.94. The minimum Gasteiger partial charge on any atom is -0.225 e. The second kappa shape index (κ2) is 3.52. The van der Waals surface area contributed by atoms with Gasteiger partial charge in [-0.05, 0) is 24.1 Å². The molecule has 0 saturated heterocycles. The molecule has 0 amide bonds. The number of sulfonamides is 1. The number of rotatable bonds is 3. The molecule has 2 N–H and O–H groups in total. The lowest BCUT2D eigenvalue weighted by Crippen LogP contribution is -2.28. The molecule has 0 bridgehead atoms. The van der Waals surface area contributed by atoms with Gasteiger partial charge in [0.2, 0.25) is 10.0 Å². The van der Waals surface area contributed by atoms with Crippen LogP contribution in [0.3, 0.4) is 0 Å².